The number of nitrogen functional groups attached to an aromatic ring is 1. The van der Waals surface area contributed by atoms with Crippen molar-refractivity contribution in [2.45, 2.75) is 12.8 Å². The van der Waals surface area contributed by atoms with Gasteiger partial charge in [0.25, 0.3) is 5.92 Å². The van der Waals surface area contributed by atoms with Crippen LogP contribution in [0, 0.1) is 0 Å². The van der Waals surface area contributed by atoms with E-state index >= 15 is 0 Å². The van der Waals surface area contributed by atoms with Crippen molar-refractivity contribution in [3.63, 3.8) is 0 Å². The molecule has 0 fully saturated rings. The first-order chi connectivity index (χ1) is 6.48. The summed E-state index contributed by atoms with van der Waals surface area (Å²) in [6, 6.07) is 4.65. The molecule has 1 aromatic carbocycles. The van der Waals surface area contributed by atoms with Gasteiger partial charge in [-0.25, -0.2) is 8.78 Å². The van der Waals surface area contributed by atoms with Crippen LogP contribution in [0.3, 0.4) is 0 Å². The fourth-order valence-corrected chi connectivity index (χ4v) is 1.38. The number of hydrogen-bond donors (Lipinski definition) is 1. The number of benzene rings is 1. The Morgan fingerprint density at radius 1 is 1.36 bits per heavy atom. The second kappa shape index (κ2) is 2.70. The van der Waals surface area contributed by atoms with E-state index in [-0.39, 0.29) is 5.56 Å². The number of rotatable bonds is 1. The van der Waals surface area contributed by atoms with Crippen LogP contribution in [-0.4, -0.2) is 0 Å². The van der Waals surface area contributed by atoms with Gasteiger partial charge < -0.3 is 10.2 Å². The molecule has 74 valence electrons. The largest absolute Gasteiger partial charge is 0.464 e. The fourth-order valence-electron chi connectivity index (χ4n) is 1.38. The Morgan fingerprint density at radius 2 is 2.07 bits per heavy atom. The van der Waals surface area contributed by atoms with E-state index in [1.807, 2.05) is 0 Å². The second-order valence-electron chi connectivity index (χ2n) is 3.29. The SMILES string of the molecule is CC(F)(F)c1coc2cc(N)ccc12. The average Bonchev–Trinajstić information content (AvgIpc) is 2.45. The molecule has 1 heterocycles. The van der Waals surface area contributed by atoms with Gasteiger partial charge >= 0.3 is 0 Å². The minimum Gasteiger partial charge on any atom is -0.464 e. The van der Waals surface area contributed by atoms with E-state index in [9.17, 15) is 8.78 Å². The van der Waals surface area contributed by atoms with Gasteiger partial charge in [-0.1, -0.05) is 0 Å². The standard InChI is InChI=1S/C10H9F2NO/c1-10(11,12)8-5-14-9-4-6(13)2-3-7(8)9/h2-5H,13H2,1H3. The van der Waals surface area contributed by atoms with Crippen LogP contribution in [0.4, 0.5) is 14.5 Å². The summed E-state index contributed by atoms with van der Waals surface area (Å²) in [5.74, 6) is -2.89. The van der Waals surface area contributed by atoms with E-state index in [4.69, 9.17) is 10.2 Å². The van der Waals surface area contributed by atoms with E-state index in [0.717, 1.165) is 13.2 Å². The number of alkyl halides is 2. The zero-order chi connectivity index (χ0) is 10.3. The molecule has 2 N–H and O–H groups in total. The summed E-state index contributed by atoms with van der Waals surface area (Å²) in [6.07, 6.45) is 1.07. The normalized spacial score (nSPS) is 12.2. The molecule has 0 aliphatic rings. The van der Waals surface area contributed by atoms with Crippen molar-refractivity contribution >= 4 is 16.7 Å². The molecule has 1 aromatic heterocycles. The third-order valence-electron chi connectivity index (χ3n) is 2.07. The third kappa shape index (κ3) is 1.32. The van der Waals surface area contributed by atoms with Crippen LogP contribution < -0.4 is 5.73 Å². The lowest BCUT2D eigenvalue weighted by atomic mass is 10.1. The average molecular weight is 197 g/mol. The highest BCUT2D eigenvalue weighted by Gasteiger charge is 2.28. The molecule has 0 saturated heterocycles. The Labute approximate surface area is 79.3 Å². The van der Waals surface area contributed by atoms with Crippen LogP contribution in [0.1, 0.15) is 12.5 Å². The monoisotopic (exact) mass is 197 g/mol. The maximum absolute atomic E-state index is 13.0. The molecule has 14 heavy (non-hydrogen) atoms. The van der Waals surface area contributed by atoms with E-state index in [1.54, 1.807) is 12.1 Å². The van der Waals surface area contributed by atoms with Gasteiger partial charge in [-0.2, -0.15) is 0 Å². The van der Waals surface area contributed by atoms with Crippen LogP contribution in [0.2, 0.25) is 0 Å². The van der Waals surface area contributed by atoms with Crippen molar-refractivity contribution in [3.8, 4) is 0 Å². The summed E-state index contributed by atoms with van der Waals surface area (Å²) in [4.78, 5) is 0. The molecule has 0 aliphatic heterocycles. The Bertz CT molecular complexity index is 470. The molecule has 2 nitrogen and oxygen atoms in total. The molecular formula is C10H9F2NO. The molecule has 2 rings (SSSR count). The summed E-state index contributed by atoms with van der Waals surface area (Å²) in [5.41, 5.74) is 6.28. The number of anilines is 1. The second-order valence-corrected chi connectivity index (χ2v) is 3.29. The van der Waals surface area contributed by atoms with Crippen LogP contribution in [0.15, 0.2) is 28.9 Å². The number of halogens is 2. The lowest BCUT2D eigenvalue weighted by Gasteiger charge is -2.06. The Morgan fingerprint density at radius 3 is 2.71 bits per heavy atom. The smallest absolute Gasteiger partial charge is 0.274 e. The van der Waals surface area contributed by atoms with E-state index < -0.39 is 5.92 Å². The molecule has 0 amide bonds. The zero-order valence-electron chi connectivity index (χ0n) is 7.55. The summed E-state index contributed by atoms with van der Waals surface area (Å²) in [7, 11) is 0. The van der Waals surface area contributed by atoms with Crippen LogP contribution >= 0.6 is 0 Å². The number of hydrogen-bond acceptors (Lipinski definition) is 2. The van der Waals surface area contributed by atoms with Crippen molar-refractivity contribution in [1.29, 1.82) is 0 Å². The van der Waals surface area contributed by atoms with Gasteiger partial charge in [-0.05, 0) is 12.1 Å². The minimum atomic E-state index is -2.89. The van der Waals surface area contributed by atoms with E-state index in [1.165, 1.54) is 6.07 Å². The molecular weight excluding hydrogens is 188 g/mol. The van der Waals surface area contributed by atoms with Crippen molar-refractivity contribution in [1.82, 2.24) is 0 Å². The van der Waals surface area contributed by atoms with Crippen LogP contribution in [-0.2, 0) is 5.92 Å². The van der Waals surface area contributed by atoms with Gasteiger partial charge in [-0.15, -0.1) is 0 Å². The summed E-state index contributed by atoms with van der Waals surface area (Å²) in [6.45, 7) is 0.841. The highest BCUT2D eigenvalue weighted by Crippen LogP contribution is 2.34. The predicted octanol–water partition coefficient (Wildman–Crippen LogP) is 3.13. The first-order valence-electron chi connectivity index (χ1n) is 4.13. The van der Waals surface area contributed by atoms with Gasteiger partial charge in [-0.3, -0.25) is 0 Å². The molecule has 2 aromatic rings. The summed E-state index contributed by atoms with van der Waals surface area (Å²) < 4.78 is 31.1. The maximum atomic E-state index is 13.0. The highest BCUT2D eigenvalue weighted by molar-refractivity contribution is 5.84. The Balaban J connectivity index is 2.70. The molecule has 0 radical (unpaired) electrons. The topological polar surface area (TPSA) is 39.2 Å². The van der Waals surface area contributed by atoms with Crippen LogP contribution in [0.25, 0.3) is 11.0 Å². The van der Waals surface area contributed by atoms with Crippen molar-refractivity contribution in [2.75, 3.05) is 5.73 Å². The summed E-state index contributed by atoms with van der Waals surface area (Å²) in [5, 5.41) is 0.409. The molecule has 0 saturated carbocycles. The fraction of sp³-hybridized carbons (Fsp3) is 0.200. The number of fused-ring (bicyclic) bond motifs is 1. The molecule has 0 bridgehead atoms. The number of furan rings is 1. The molecule has 0 unspecified atom stereocenters. The van der Waals surface area contributed by atoms with Gasteiger partial charge in [0.05, 0.1) is 5.56 Å². The van der Waals surface area contributed by atoms with Crippen molar-refractivity contribution < 1.29 is 13.2 Å². The lowest BCUT2D eigenvalue weighted by Crippen LogP contribution is -2.05. The first kappa shape index (κ1) is 8.99. The predicted molar refractivity (Wildman–Crippen MR) is 50.2 cm³/mol. The van der Waals surface area contributed by atoms with Crippen molar-refractivity contribution in [3.05, 3.63) is 30.0 Å². The molecule has 0 aliphatic carbocycles. The molecule has 0 atom stereocenters. The number of nitrogens with two attached hydrogens (primary N) is 1. The maximum Gasteiger partial charge on any atom is 0.274 e. The zero-order valence-corrected chi connectivity index (χ0v) is 7.55. The molecule has 4 heteroatoms. The third-order valence-corrected chi connectivity index (χ3v) is 2.07. The van der Waals surface area contributed by atoms with Gasteiger partial charge in [0, 0.05) is 24.1 Å². The highest BCUT2D eigenvalue weighted by atomic mass is 19.3. The molecule has 0 spiro atoms. The van der Waals surface area contributed by atoms with E-state index in [0.29, 0.717) is 16.7 Å². The quantitative estimate of drug-likeness (QED) is 0.713. The Kier molecular flexibility index (Phi) is 1.74. The first-order valence-corrected chi connectivity index (χ1v) is 4.13. The Hall–Kier alpha value is -1.58. The van der Waals surface area contributed by atoms with Gasteiger partial charge in [0.2, 0.25) is 0 Å². The summed E-state index contributed by atoms with van der Waals surface area (Å²) >= 11 is 0. The lowest BCUT2D eigenvalue weighted by molar-refractivity contribution is 0.0183. The van der Waals surface area contributed by atoms with Gasteiger partial charge in [0.15, 0.2) is 0 Å². The van der Waals surface area contributed by atoms with Crippen LogP contribution in [0.5, 0.6) is 0 Å². The van der Waals surface area contributed by atoms with E-state index in [2.05, 4.69) is 0 Å². The minimum absolute atomic E-state index is 0.104. The van der Waals surface area contributed by atoms with Crippen molar-refractivity contribution in [2.24, 2.45) is 0 Å². The van der Waals surface area contributed by atoms with Gasteiger partial charge in [0.1, 0.15) is 11.8 Å².